The molecule has 0 N–H and O–H groups in total. The zero-order valence-corrected chi connectivity index (χ0v) is 17.7. The van der Waals surface area contributed by atoms with Crippen LogP contribution in [0.4, 0.5) is 10.7 Å². The molecule has 0 aromatic carbocycles. The van der Waals surface area contributed by atoms with E-state index < -0.39 is 6.09 Å². The Hall–Kier alpha value is -1.73. The largest absolute Gasteiger partial charge is 0.449 e. The molecule has 1 amide bonds. The molecule has 8 heteroatoms. The number of amides is 1. The molecule has 0 bridgehead atoms. The zero-order valence-electron chi connectivity index (χ0n) is 15.4. The minimum Gasteiger partial charge on any atom is -0.449 e. The van der Waals surface area contributed by atoms with Gasteiger partial charge in [-0.05, 0) is 46.8 Å². The van der Waals surface area contributed by atoms with E-state index in [1.807, 2.05) is 26.0 Å². The molecular formula is C19H22BrClN4O2. The first-order valence-electron chi connectivity index (χ1n) is 8.94. The highest BCUT2D eigenvalue weighted by molar-refractivity contribution is 9.10. The number of ether oxygens (including phenoxy) is 1. The molecule has 0 radical (unpaired) electrons. The summed E-state index contributed by atoms with van der Waals surface area (Å²) < 4.78 is 6.22. The summed E-state index contributed by atoms with van der Waals surface area (Å²) in [7, 11) is 0. The molecule has 0 unspecified atom stereocenters. The smallest absolute Gasteiger partial charge is 0.416 e. The summed E-state index contributed by atoms with van der Waals surface area (Å²) in [6.45, 7) is 4.70. The van der Waals surface area contributed by atoms with Crippen molar-refractivity contribution in [2.45, 2.75) is 38.5 Å². The first-order chi connectivity index (χ1) is 12.9. The van der Waals surface area contributed by atoms with E-state index in [0.29, 0.717) is 24.1 Å². The third kappa shape index (κ3) is 4.58. The summed E-state index contributed by atoms with van der Waals surface area (Å²) >= 11 is 9.75. The van der Waals surface area contributed by atoms with Gasteiger partial charge >= 0.3 is 6.09 Å². The van der Waals surface area contributed by atoms with Gasteiger partial charge < -0.3 is 4.74 Å². The topological polar surface area (TPSA) is 68.2 Å². The Kier molecular flexibility index (Phi) is 6.32. The summed E-state index contributed by atoms with van der Waals surface area (Å²) in [6.07, 6.45) is 7.37. The van der Waals surface area contributed by atoms with E-state index in [9.17, 15) is 4.79 Å². The van der Waals surface area contributed by atoms with Gasteiger partial charge in [-0.25, -0.2) is 19.7 Å². The molecule has 1 aliphatic carbocycles. The number of nitrogens with zero attached hydrogens (tertiary/aromatic N) is 4. The number of rotatable bonds is 6. The molecule has 2 heterocycles. The van der Waals surface area contributed by atoms with Gasteiger partial charge in [0.25, 0.3) is 0 Å². The van der Waals surface area contributed by atoms with E-state index in [4.69, 9.17) is 16.3 Å². The van der Waals surface area contributed by atoms with Crippen LogP contribution in [0.5, 0.6) is 0 Å². The molecule has 1 saturated carbocycles. The van der Waals surface area contributed by atoms with E-state index in [0.717, 1.165) is 29.4 Å². The number of hydrogen-bond donors (Lipinski definition) is 0. The van der Waals surface area contributed by atoms with Gasteiger partial charge in [-0.15, -0.1) is 0 Å². The molecule has 6 nitrogen and oxygen atoms in total. The Morgan fingerprint density at radius 2 is 2.04 bits per heavy atom. The maximum atomic E-state index is 12.8. The molecule has 0 atom stereocenters. The number of aromatic nitrogens is 3. The number of carbonyl (C=O) groups excluding carboxylic acids is 1. The van der Waals surface area contributed by atoms with Crippen molar-refractivity contribution in [2.24, 2.45) is 5.92 Å². The molecule has 1 fully saturated rings. The molecule has 2 aromatic heterocycles. The van der Waals surface area contributed by atoms with Crippen LogP contribution in [0.25, 0.3) is 0 Å². The zero-order chi connectivity index (χ0) is 19.4. The van der Waals surface area contributed by atoms with Crippen LogP contribution in [0.15, 0.2) is 35.2 Å². The molecule has 3 rings (SSSR count). The third-order valence-corrected chi connectivity index (χ3v) is 5.36. The van der Waals surface area contributed by atoms with Crippen LogP contribution in [0.2, 0.25) is 5.02 Å². The van der Waals surface area contributed by atoms with Gasteiger partial charge in [0.2, 0.25) is 5.95 Å². The van der Waals surface area contributed by atoms with Crippen LogP contribution < -0.4 is 4.90 Å². The van der Waals surface area contributed by atoms with Crippen LogP contribution in [0.1, 0.15) is 38.8 Å². The van der Waals surface area contributed by atoms with E-state index in [1.54, 1.807) is 18.6 Å². The molecule has 144 valence electrons. The van der Waals surface area contributed by atoms with Crippen molar-refractivity contribution in [2.75, 3.05) is 18.1 Å². The SMILES string of the molecule is CC(C)COC(=O)N(CC1(c2ncccc2Cl)CCC1)c1ncc(Br)cn1. The number of pyridine rings is 1. The summed E-state index contributed by atoms with van der Waals surface area (Å²) in [4.78, 5) is 27.4. The Morgan fingerprint density at radius 3 is 2.59 bits per heavy atom. The second-order valence-corrected chi connectivity index (χ2v) is 8.55. The first-order valence-corrected chi connectivity index (χ1v) is 10.1. The van der Waals surface area contributed by atoms with E-state index >= 15 is 0 Å². The normalized spacial score (nSPS) is 15.3. The predicted octanol–water partition coefficient (Wildman–Crippen LogP) is 5.01. The Bertz CT molecular complexity index is 797. The quantitative estimate of drug-likeness (QED) is 0.615. The average molecular weight is 454 g/mol. The van der Waals surface area contributed by atoms with Gasteiger partial charge in [-0.2, -0.15) is 0 Å². The standard InChI is InChI=1S/C19H22BrClN4O2/c1-13(2)11-27-18(26)25(17-23-9-14(20)10-24-17)12-19(6-4-7-19)16-15(21)5-3-8-22-16/h3,5,8-10,13H,4,6-7,11-12H2,1-2H3. The van der Waals surface area contributed by atoms with Crippen molar-refractivity contribution < 1.29 is 9.53 Å². The van der Waals surface area contributed by atoms with Crippen LogP contribution in [0.3, 0.4) is 0 Å². The number of carbonyl (C=O) groups is 1. The highest BCUT2D eigenvalue weighted by Crippen LogP contribution is 2.46. The molecule has 27 heavy (non-hydrogen) atoms. The van der Waals surface area contributed by atoms with E-state index in [-0.39, 0.29) is 11.3 Å². The predicted molar refractivity (Wildman–Crippen MR) is 108 cm³/mol. The lowest BCUT2D eigenvalue weighted by atomic mass is 9.66. The lowest BCUT2D eigenvalue weighted by Crippen LogP contribution is -2.49. The Morgan fingerprint density at radius 1 is 1.33 bits per heavy atom. The van der Waals surface area contributed by atoms with Crippen LogP contribution >= 0.6 is 27.5 Å². The number of halogens is 2. The number of anilines is 1. The van der Waals surface area contributed by atoms with Crippen molar-refractivity contribution in [3.8, 4) is 0 Å². The van der Waals surface area contributed by atoms with Crippen LogP contribution in [-0.2, 0) is 10.2 Å². The first kappa shape index (κ1) is 20.0. The fourth-order valence-electron chi connectivity index (χ4n) is 3.13. The lowest BCUT2D eigenvalue weighted by Gasteiger charge is -2.44. The van der Waals surface area contributed by atoms with Gasteiger partial charge in [0.1, 0.15) is 0 Å². The minimum absolute atomic E-state index is 0.240. The summed E-state index contributed by atoms with van der Waals surface area (Å²) in [5.41, 5.74) is 0.503. The van der Waals surface area contributed by atoms with E-state index in [1.165, 1.54) is 4.90 Å². The third-order valence-electron chi connectivity index (χ3n) is 4.64. The monoisotopic (exact) mass is 452 g/mol. The fraction of sp³-hybridized carbons (Fsp3) is 0.474. The van der Waals surface area contributed by atoms with Crippen LogP contribution in [-0.4, -0.2) is 34.2 Å². The summed E-state index contributed by atoms with van der Waals surface area (Å²) in [5.74, 6) is 0.551. The van der Waals surface area contributed by atoms with Gasteiger partial charge in [-0.3, -0.25) is 4.98 Å². The summed E-state index contributed by atoms with van der Waals surface area (Å²) in [5, 5.41) is 0.615. The van der Waals surface area contributed by atoms with Crippen molar-refractivity contribution in [1.82, 2.24) is 15.0 Å². The van der Waals surface area contributed by atoms with Crippen molar-refractivity contribution in [3.63, 3.8) is 0 Å². The van der Waals surface area contributed by atoms with E-state index in [2.05, 4.69) is 30.9 Å². The van der Waals surface area contributed by atoms with Crippen molar-refractivity contribution >= 4 is 39.6 Å². The average Bonchev–Trinajstić information content (AvgIpc) is 2.61. The van der Waals surface area contributed by atoms with Gasteiger partial charge in [-0.1, -0.05) is 31.9 Å². The molecule has 2 aromatic rings. The van der Waals surface area contributed by atoms with Gasteiger partial charge in [0.05, 0.1) is 21.8 Å². The highest BCUT2D eigenvalue weighted by Gasteiger charge is 2.44. The van der Waals surface area contributed by atoms with Gasteiger partial charge in [0, 0.05) is 30.6 Å². The highest BCUT2D eigenvalue weighted by atomic mass is 79.9. The lowest BCUT2D eigenvalue weighted by molar-refractivity contribution is 0.134. The Balaban J connectivity index is 1.91. The molecular weight excluding hydrogens is 432 g/mol. The molecule has 0 saturated heterocycles. The van der Waals surface area contributed by atoms with Crippen molar-refractivity contribution in [3.05, 3.63) is 45.9 Å². The Labute approximate surface area is 172 Å². The molecule has 0 aliphatic heterocycles. The van der Waals surface area contributed by atoms with Crippen molar-refractivity contribution in [1.29, 1.82) is 0 Å². The molecule has 0 spiro atoms. The maximum absolute atomic E-state index is 12.8. The van der Waals surface area contributed by atoms with Crippen LogP contribution in [0, 0.1) is 5.92 Å². The fourth-order valence-corrected chi connectivity index (χ4v) is 3.66. The minimum atomic E-state index is -0.454. The summed E-state index contributed by atoms with van der Waals surface area (Å²) in [6, 6.07) is 3.65. The second-order valence-electron chi connectivity index (χ2n) is 7.23. The maximum Gasteiger partial charge on any atom is 0.416 e. The number of hydrogen-bond acceptors (Lipinski definition) is 5. The second kappa shape index (κ2) is 8.52. The van der Waals surface area contributed by atoms with Gasteiger partial charge in [0.15, 0.2) is 0 Å². The molecule has 1 aliphatic rings.